The third-order valence-electron chi connectivity index (χ3n) is 2.71. The van der Waals surface area contributed by atoms with Crippen molar-refractivity contribution in [1.29, 1.82) is 0 Å². The van der Waals surface area contributed by atoms with Gasteiger partial charge in [0, 0.05) is 13.7 Å². The van der Waals surface area contributed by atoms with Crippen molar-refractivity contribution in [3.05, 3.63) is 23.2 Å². The van der Waals surface area contributed by atoms with Gasteiger partial charge < -0.3 is 14.5 Å². The van der Waals surface area contributed by atoms with E-state index in [1.165, 1.54) is 5.56 Å². The lowest BCUT2D eigenvalue weighted by atomic mass is 10.2. The van der Waals surface area contributed by atoms with Gasteiger partial charge in [0.2, 0.25) is 0 Å². The number of hydrogen-bond donors (Lipinski definition) is 1. The molecule has 0 radical (unpaired) electrons. The molecule has 17 heavy (non-hydrogen) atoms. The highest BCUT2D eigenvalue weighted by Crippen LogP contribution is 2.15. The van der Waals surface area contributed by atoms with Crippen molar-refractivity contribution in [2.45, 2.75) is 26.9 Å². The van der Waals surface area contributed by atoms with Crippen molar-refractivity contribution < 1.29 is 9.15 Å². The Kier molecular flexibility index (Phi) is 6.26. The molecule has 0 amide bonds. The number of ether oxygens (including phenoxy) is 1. The Labute approximate surface area is 104 Å². The zero-order valence-corrected chi connectivity index (χ0v) is 11.4. The zero-order valence-electron chi connectivity index (χ0n) is 11.4. The third-order valence-corrected chi connectivity index (χ3v) is 2.71. The minimum absolute atomic E-state index is 0.750. The van der Waals surface area contributed by atoms with Crippen molar-refractivity contribution in [1.82, 2.24) is 10.2 Å². The molecule has 4 heteroatoms. The standard InChI is InChI=1S/C13H24N2O2/c1-5-14-9-13-11(2)8-12(17-13)10-15(3)6-7-16-4/h8,14H,5-7,9-10H2,1-4H3. The molecule has 0 unspecified atom stereocenters. The summed E-state index contributed by atoms with van der Waals surface area (Å²) in [7, 11) is 3.79. The summed E-state index contributed by atoms with van der Waals surface area (Å²) >= 11 is 0. The molecule has 0 spiro atoms. The lowest BCUT2D eigenvalue weighted by Crippen LogP contribution is -2.22. The second-order valence-corrected chi connectivity index (χ2v) is 4.33. The topological polar surface area (TPSA) is 37.6 Å². The third kappa shape index (κ3) is 4.89. The fourth-order valence-corrected chi connectivity index (χ4v) is 1.67. The highest BCUT2D eigenvalue weighted by molar-refractivity contribution is 5.19. The van der Waals surface area contributed by atoms with Crippen molar-refractivity contribution in [3.8, 4) is 0 Å². The molecule has 0 atom stereocenters. The number of furan rings is 1. The van der Waals surface area contributed by atoms with E-state index in [9.17, 15) is 0 Å². The summed E-state index contributed by atoms with van der Waals surface area (Å²) in [6.45, 7) is 8.45. The van der Waals surface area contributed by atoms with Gasteiger partial charge in [-0.1, -0.05) is 6.92 Å². The van der Waals surface area contributed by atoms with Crippen LogP contribution in [0.1, 0.15) is 24.0 Å². The van der Waals surface area contributed by atoms with Gasteiger partial charge in [0.15, 0.2) is 0 Å². The molecule has 1 rings (SSSR count). The van der Waals surface area contributed by atoms with Gasteiger partial charge in [0.1, 0.15) is 11.5 Å². The van der Waals surface area contributed by atoms with Gasteiger partial charge in [-0.25, -0.2) is 0 Å². The molecule has 1 aromatic heterocycles. The monoisotopic (exact) mass is 240 g/mol. The molecule has 0 saturated carbocycles. The number of rotatable bonds is 8. The molecule has 98 valence electrons. The van der Waals surface area contributed by atoms with E-state index < -0.39 is 0 Å². The van der Waals surface area contributed by atoms with E-state index >= 15 is 0 Å². The summed E-state index contributed by atoms with van der Waals surface area (Å²) in [5.74, 6) is 2.07. The normalized spacial score (nSPS) is 11.4. The Morgan fingerprint density at radius 2 is 2.24 bits per heavy atom. The van der Waals surface area contributed by atoms with E-state index in [2.05, 4.69) is 37.2 Å². The van der Waals surface area contributed by atoms with Crippen LogP contribution in [0.4, 0.5) is 0 Å². The SMILES string of the molecule is CCNCc1oc(CN(C)CCOC)cc1C. The van der Waals surface area contributed by atoms with Gasteiger partial charge in [-0.15, -0.1) is 0 Å². The predicted octanol–water partition coefficient (Wildman–Crippen LogP) is 1.78. The zero-order chi connectivity index (χ0) is 12.7. The maximum atomic E-state index is 5.82. The highest BCUT2D eigenvalue weighted by Gasteiger charge is 2.09. The van der Waals surface area contributed by atoms with Crippen molar-refractivity contribution >= 4 is 0 Å². The Morgan fingerprint density at radius 3 is 2.88 bits per heavy atom. The summed E-state index contributed by atoms with van der Waals surface area (Å²) in [6.07, 6.45) is 0. The smallest absolute Gasteiger partial charge is 0.120 e. The van der Waals surface area contributed by atoms with E-state index in [-0.39, 0.29) is 0 Å². The van der Waals surface area contributed by atoms with Crippen LogP contribution in [0.2, 0.25) is 0 Å². The fraction of sp³-hybridized carbons (Fsp3) is 0.692. The second-order valence-electron chi connectivity index (χ2n) is 4.33. The number of hydrogen-bond acceptors (Lipinski definition) is 4. The van der Waals surface area contributed by atoms with Gasteiger partial charge >= 0.3 is 0 Å². The van der Waals surface area contributed by atoms with Gasteiger partial charge in [-0.05, 0) is 32.1 Å². The van der Waals surface area contributed by atoms with Crippen LogP contribution in [0.5, 0.6) is 0 Å². The van der Waals surface area contributed by atoms with Crippen LogP contribution < -0.4 is 5.32 Å². The van der Waals surface area contributed by atoms with Crippen LogP contribution in [0, 0.1) is 6.92 Å². The van der Waals surface area contributed by atoms with Crippen LogP contribution in [-0.4, -0.2) is 38.8 Å². The molecule has 0 fully saturated rings. The summed E-state index contributed by atoms with van der Waals surface area (Å²) < 4.78 is 10.9. The summed E-state index contributed by atoms with van der Waals surface area (Å²) in [4.78, 5) is 2.19. The first-order chi connectivity index (χ1) is 8.17. The lowest BCUT2D eigenvalue weighted by molar-refractivity contribution is 0.154. The fourth-order valence-electron chi connectivity index (χ4n) is 1.67. The van der Waals surface area contributed by atoms with E-state index in [4.69, 9.17) is 9.15 Å². The number of methoxy groups -OCH3 is 1. The maximum absolute atomic E-state index is 5.82. The van der Waals surface area contributed by atoms with Crippen molar-refractivity contribution in [2.24, 2.45) is 0 Å². The maximum Gasteiger partial charge on any atom is 0.120 e. The largest absolute Gasteiger partial charge is 0.463 e. The molecule has 4 nitrogen and oxygen atoms in total. The summed E-state index contributed by atoms with van der Waals surface area (Å²) in [5, 5.41) is 3.28. The van der Waals surface area contributed by atoms with Crippen LogP contribution in [0.15, 0.2) is 10.5 Å². The molecule has 1 heterocycles. The second kappa shape index (κ2) is 7.48. The van der Waals surface area contributed by atoms with Gasteiger partial charge in [-0.2, -0.15) is 0 Å². The Morgan fingerprint density at radius 1 is 1.47 bits per heavy atom. The van der Waals surface area contributed by atoms with E-state index in [1.54, 1.807) is 7.11 Å². The molecule has 0 saturated heterocycles. The first kappa shape index (κ1) is 14.2. The minimum Gasteiger partial charge on any atom is -0.463 e. The summed E-state index contributed by atoms with van der Waals surface area (Å²) in [6, 6.07) is 2.12. The average molecular weight is 240 g/mol. The molecule has 0 aliphatic rings. The van der Waals surface area contributed by atoms with E-state index in [0.717, 1.165) is 44.3 Å². The Balaban J connectivity index is 2.48. The first-order valence-electron chi connectivity index (χ1n) is 6.13. The molecule has 1 N–H and O–H groups in total. The predicted molar refractivity (Wildman–Crippen MR) is 69.0 cm³/mol. The van der Waals surface area contributed by atoms with E-state index in [1.807, 2.05) is 0 Å². The van der Waals surface area contributed by atoms with Gasteiger partial charge in [0.05, 0.1) is 19.7 Å². The number of nitrogens with zero attached hydrogens (tertiary/aromatic N) is 1. The molecule has 0 aliphatic carbocycles. The lowest BCUT2D eigenvalue weighted by Gasteiger charge is -2.13. The average Bonchev–Trinajstić information content (AvgIpc) is 2.64. The molecular formula is C13H24N2O2. The highest BCUT2D eigenvalue weighted by atomic mass is 16.5. The van der Waals surface area contributed by atoms with Crippen LogP contribution >= 0.6 is 0 Å². The number of likely N-dealkylation sites (N-methyl/N-ethyl adjacent to an activating group) is 1. The van der Waals surface area contributed by atoms with Crippen molar-refractivity contribution in [3.63, 3.8) is 0 Å². The molecular weight excluding hydrogens is 216 g/mol. The van der Waals surface area contributed by atoms with Crippen LogP contribution in [0.25, 0.3) is 0 Å². The summed E-state index contributed by atoms with van der Waals surface area (Å²) in [5.41, 5.74) is 1.22. The number of nitrogens with one attached hydrogen (secondary N) is 1. The van der Waals surface area contributed by atoms with Crippen LogP contribution in [-0.2, 0) is 17.8 Å². The molecule has 0 aliphatic heterocycles. The minimum atomic E-state index is 0.750. The molecule has 1 aromatic rings. The van der Waals surface area contributed by atoms with Crippen LogP contribution in [0.3, 0.4) is 0 Å². The number of aryl methyl sites for hydroxylation is 1. The first-order valence-corrected chi connectivity index (χ1v) is 6.13. The quantitative estimate of drug-likeness (QED) is 0.751. The molecule has 0 bridgehead atoms. The molecule has 0 aromatic carbocycles. The van der Waals surface area contributed by atoms with Gasteiger partial charge in [0.25, 0.3) is 0 Å². The van der Waals surface area contributed by atoms with Crippen molar-refractivity contribution in [2.75, 3.05) is 33.9 Å². The van der Waals surface area contributed by atoms with Gasteiger partial charge in [-0.3, -0.25) is 4.90 Å². The Hall–Kier alpha value is -0.840. The Bertz CT molecular complexity index is 323. The van der Waals surface area contributed by atoms with E-state index in [0.29, 0.717) is 0 Å².